The molecule has 1 aromatic carbocycles. The minimum Gasteiger partial charge on any atom is -0.370 e. The third-order valence-electron chi connectivity index (χ3n) is 3.27. The first-order chi connectivity index (χ1) is 10.1. The maximum absolute atomic E-state index is 6.23. The van der Waals surface area contributed by atoms with Crippen LogP contribution in [-0.4, -0.2) is 16.5 Å². The Kier molecular flexibility index (Phi) is 5.57. The zero-order valence-electron chi connectivity index (χ0n) is 12.9. The minimum absolute atomic E-state index is 0.770. The summed E-state index contributed by atoms with van der Waals surface area (Å²) < 4.78 is 0. The van der Waals surface area contributed by atoms with Crippen LogP contribution >= 0.6 is 11.6 Å². The van der Waals surface area contributed by atoms with E-state index in [1.165, 1.54) is 0 Å². The fourth-order valence-corrected chi connectivity index (χ4v) is 2.26. The third kappa shape index (κ3) is 4.18. The molecule has 3 nitrogen and oxygen atoms in total. The van der Waals surface area contributed by atoms with Gasteiger partial charge in [0.1, 0.15) is 11.6 Å². The summed E-state index contributed by atoms with van der Waals surface area (Å²) in [6.07, 6.45) is 2.98. The summed E-state index contributed by atoms with van der Waals surface area (Å²) in [5, 5.41) is 4.11. The van der Waals surface area contributed by atoms with Crippen molar-refractivity contribution in [3.05, 3.63) is 40.7 Å². The number of rotatable bonds is 6. The molecule has 0 atom stereocenters. The zero-order chi connectivity index (χ0) is 15.2. The molecular formula is C17H22ClN3. The molecule has 4 heteroatoms. The molecule has 0 aliphatic rings. The molecule has 21 heavy (non-hydrogen) atoms. The number of hydrogen-bond acceptors (Lipinski definition) is 3. The number of anilines is 1. The fraction of sp³-hybridized carbons (Fsp3) is 0.412. The Morgan fingerprint density at radius 1 is 1.10 bits per heavy atom. The smallest absolute Gasteiger partial charge is 0.131 e. The van der Waals surface area contributed by atoms with Crippen LogP contribution in [0, 0.1) is 6.92 Å². The number of halogens is 1. The second-order valence-corrected chi connectivity index (χ2v) is 5.60. The summed E-state index contributed by atoms with van der Waals surface area (Å²) >= 11 is 6.23. The number of nitrogens with zero attached hydrogens (tertiary/aromatic N) is 2. The first kappa shape index (κ1) is 15.8. The summed E-state index contributed by atoms with van der Waals surface area (Å²) in [6, 6.07) is 8.05. The van der Waals surface area contributed by atoms with E-state index in [1.54, 1.807) is 0 Å². The van der Waals surface area contributed by atoms with E-state index in [1.807, 2.05) is 25.1 Å². The molecule has 112 valence electrons. The van der Waals surface area contributed by atoms with Gasteiger partial charge in [0, 0.05) is 29.6 Å². The van der Waals surface area contributed by atoms with Crippen molar-refractivity contribution in [1.82, 2.24) is 9.97 Å². The Labute approximate surface area is 131 Å². The molecule has 0 bridgehead atoms. The molecule has 0 unspecified atom stereocenters. The van der Waals surface area contributed by atoms with Crippen LogP contribution in [0.15, 0.2) is 24.3 Å². The van der Waals surface area contributed by atoms with Crippen molar-refractivity contribution in [1.29, 1.82) is 0 Å². The van der Waals surface area contributed by atoms with Crippen molar-refractivity contribution in [2.45, 2.75) is 40.0 Å². The molecule has 0 fully saturated rings. The van der Waals surface area contributed by atoms with Crippen LogP contribution in [0.25, 0.3) is 11.3 Å². The monoisotopic (exact) mass is 303 g/mol. The van der Waals surface area contributed by atoms with Gasteiger partial charge in [0.15, 0.2) is 0 Å². The predicted octanol–water partition coefficient (Wildman–Crippen LogP) is 4.88. The number of aryl methyl sites for hydroxylation is 2. The van der Waals surface area contributed by atoms with Crippen LogP contribution in [0.2, 0.25) is 5.02 Å². The topological polar surface area (TPSA) is 37.8 Å². The van der Waals surface area contributed by atoms with Gasteiger partial charge in [-0.2, -0.15) is 0 Å². The second-order valence-electron chi connectivity index (χ2n) is 5.20. The standard InChI is InChI=1S/C17H22ClN3/c1-4-6-16-20-15(11-17(21-16)19-9-5-2)13-8-7-12(3)14(18)10-13/h7-8,10-11H,4-6,9H2,1-3H3,(H,19,20,21). The van der Waals surface area contributed by atoms with Crippen molar-refractivity contribution in [2.75, 3.05) is 11.9 Å². The van der Waals surface area contributed by atoms with Gasteiger partial charge in [-0.15, -0.1) is 0 Å². The van der Waals surface area contributed by atoms with Crippen LogP contribution in [-0.2, 0) is 6.42 Å². The molecule has 0 aliphatic heterocycles. The van der Waals surface area contributed by atoms with E-state index in [0.29, 0.717) is 0 Å². The first-order valence-corrected chi connectivity index (χ1v) is 7.90. The van der Waals surface area contributed by atoms with Crippen LogP contribution in [0.5, 0.6) is 0 Å². The molecule has 2 rings (SSSR count). The quantitative estimate of drug-likeness (QED) is 0.826. The minimum atomic E-state index is 0.770. The van der Waals surface area contributed by atoms with Crippen LogP contribution in [0.3, 0.4) is 0 Å². The lowest BCUT2D eigenvalue weighted by Crippen LogP contribution is -2.06. The van der Waals surface area contributed by atoms with Gasteiger partial charge in [-0.1, -0.05) is 37.6 Å². The Bertz CT molecular complexity index is 611. The van der Waals surface area contributed by atoms with Crippen LogP contribution < -0.4 is 5.32 Å². The van der Waals surface area contributed by atoms with E-state index >= 15 is 0 Å². The van der Waals surface area contributed by atoms with Crippen molar-refractivity contribution < 1.29 is 0 Å². The molecule has 0 radical (unpaired) electrons. The average Bonchev–Trinajstić information content (AvgIpc) is 2.48. The lowest BCUT2D eigenvalue weighted by Gasteiger charge is -2.10. The highest BCUT2D eigenvalue weighted by Crippen LogP contribution is 2.25. The maximum Gasteiger partial charge on any atom is 0.131 e. The molecule has 2 aromatic rings. The van der Waals surface area contributed by atoms with Gasteiger partial charge in [-0.25, -0.2) is 9.97 Å². The lowest BCUT2D eigenvalue weighted by molar-refractivity contribution is 0.834. The van der Waals surface area contributed by atoms with Gasteiger partial charge in [-0.3, -0.25) is 0 Å². The van der Waals surface area contributed by atoms with Crippen molar-refractivity contribution in [2.24, 2.45) is 0 Å². The summed E-state index contributed by atoms with van der Waals surface area (Å²) in [7, 11) is 0. The average molecular weight is 304 g/mol. The molecule has 1 heterocycles. The highest BCUT2D eigenvalue weighted by atomic mass is 35.5. The van der Waals surface area contributed by atoms with E-state index < -0.39 is 0 Å². The fourth-order valence-electron chi connectivity index (χ4n) is 2.08. The molecule has 0 spiro atoms. The highest BCUT2D eigenvalue weighted by Gasteiger charge is 2.07. The molecule has 1 aromatic heterocycles. The largest absolute Gasteiger partial charge is 0.370 e. The van der Waals surface area contributed by atoms with Gasteiger partial charge in [0.25, 0.3) is 0 Å². The van der Waals surface area contributed by atoms with E-state index in [0.717, 1.165) is 59.3 Å². The van der Waals surface area contributed by atoms with Crippen LogP contribution in [0.4, 0.5) is 5.82 Å². The molecule has 0 aliphatic carbocycles. The van der Waals surface area contributed by atoms with Gasteiger partial charge >= 0.3 is 0 Å². The van der Waals surface area contributed by atoms with Gasteiger partial charge in [-0.05, 0) is 31.4 Å². The van der Waals surface area contributed by atoms with E-state index in [9.17, 15) is 0 Å². The molecule has 1 N–H and O–H groups in total. The Balaban J connectivity index is 2.40. The lowest BCUT2D eigenvalue weighted by atomic mass is 10.1. The Hall–Kier alpha value is -1.61. The summed E-state index contributed by atoms with van der Waals surface area (Å²) in [4.78, 5) is 9.23. The van der Waals surface area contributed by atoms with E-state index in [-0.39, 0.29) is 0 Å². The van der Waals surface area contributed by atoms with Gasteiger partial charge < -0.3 is 5.32 Å². The van der Waals surface area contributed by atoms with E-state index in [4.69, 9.17) is 11.6 Å². The SMILES string of the molecule is CCCNc1cc(-c2ccc(C)c(Cl)c2)nc(CCC)n1. The summed E-state index contributed by atoms with van der Waals surface area (Å²) in [5.74, 6) is 1.77. The zero-order valence-corrected chi connectivity index (χ0v) is 13.7. The molecule has 0 saturated heterocycles. The number of nitrogens with one attached hydrogen (secondary N) is 1. The number of benzene rings is 1. The Morgan fingerprint density at radius 3 is 2.57 bits per heavy atom. The third-order valence-corrected chi connectivity index (χ3v) is 3.68. The summed E-state index contributed by atoms with van der Waals surface area (Å²) in [6.45, 7) is 7.19. The molecule has 0 saturated carbocycles. The number of hydrogen-bond donors (Lipinski definition) is 1. The normalized spacial score (nSPS) is 10.7. The first-order valence-electron chi connectivity index (χ1n) is 7.52. The predicted molar refractivity (Wildman–Crippen MR) is 90.0 cm³/mol. The second kappa shape index (κ2) is 7.41. The van der Waals surface area contributed by atoms with Gasteiger partial charge in [0.2, 0.25) is 0 Å². The van der Waals surface area contributed by atoms with Gasteiger partial charge in [0.05, 0.1) is 5.69 Å². The van der Waals surface area contributed by atoms with Crippen molar-refractivity contribution in [3.8, 4) is 11.3 Å². The maximum atomic E-state index is 6.23. The van der Waals surface area contributed by atoms with E-state index in [2.05, 4.69) is 35.2 Å². The molecular weight excluding hydrogens is 282 g/mol. The molecule has 0 amide bonds. The Morgan fingerprint density at radius 2 is 1.90 bits per heavy atom. The summed E-state index contributed by atoms with van der Waals surface area (Å²) in [5.41, 5.74) is 3.03. The van der Waals surface area contributed by atoms with Crippen LogP contribution in [0.1, 0.15) is 38.1 Å². The van der Waals surface area contributed by atoms with Crippen molar-refractivity contribution in [3.63, 3.8) is 0 Å². The number of aromatic nitrogens is 2. The van der Waals surface area contributed by atoms with Crippen molar-refractivity contribution >= 4 is 17.4 Å². The highest BCUT2D eigenvalue weighted by molar-refractivity contribution is 6.31.